The van der Waals surface area contributed by atoms with E-state index in [0.29, 0.717) is 6.54 Å². The molecule has 0 spiro atoms. The van der Waals surface area contributed by atoms with Crippen LogP contribution in [0.25, 0.3) is 0 Å². The van der Waals surface area contributed by atoms with Crippen molar-refractivity contribution in [1.29, 1.82) is 0 Å². The molecule has 2 amide bonds. The zero-order valence-electron chi connectivity index (χ0n) is 14.1. The highest BCUT2D eigenvalue weighted by molar-refractivity contribution is 9.10. The molecule has 24 heavy (non-hydrogen) atoms. The van der Waals surface area contributed by atoms with Gasteiger partial charge in [0.25, 0.3) is 0 Å². The van der Waals surface area contributed by atoms with E-state index in [0.717, 1.165) is 27.0 Å². The van der Waals surface area contributed by atoms with Crippen molar-refractivity contribution >= 4 is 39.1 Å². The number of benzene rings is 2. The highest BCUT2D eigenvalue weighted by Gasteiger charge is 2.16. The second kappa shape index (κ2) is 8.11. The maximum atomic E-state index is 12.2. The predicted molar refractivity (Wildman–Crippen MR) is 101 cm³/mol. The molecule has 0 radical (unpaired) electrons. The topological polar surface area (TPSA) is 49.4 Å². The van der Waals surface area contributed by atoms with Gasteiger partial charge >= 0.3 is 0 Å². The summed E-state index contributed by atoms with van der Waals surface area (Å²) in [5.41, 5.74) is 3.75. The standard InChI is InChI=1S/C19H21BrN2O2/c1-13-8-9-17(14(2)12-13)21-19(24)10-11-22(15(3)23)18-7-5-4-6-16(18)20/h4-9,12H,10-11H2,1-3H3,(H,21,24). The summed E-state index contributed by atoms with van der Waals surface area (Å²) in [5, 5.41) is 2.91. The lowest BCUT2D eigenvalue weighted by Gasteiger charge is -2.22. The molecule has 2 rings (SSSR count). The lowest BCUT2D eigenvalue weighted by Crippen LogP contribution is -2.32. The van der Waals surface area contributed by atoms with Crippen LogP contribution in [0.15, 0.2) is 46.9 Å². The fourth-order valence-corrected chi connectivity index (χ4v) is 3.00. The number of para-hydroxylation sites is 1. The third kappa shape index (κ3) is 4.68. The molecule has 126 valence electrons. The van der Waals surface area contributed by atoms with E-state index >= 15 is 0 Å². The average Bonchev–Trinajstić information content (AvgIpc) is 2.51. The van der Waals surface area contributed by atoms with Gasteiger partial charge in [-0.15, -0.1) is 0 Å². The van der Waals surface area contributed by atoms with Crippen molar-refractivity contribution in [1.82, 2.24) is 0 Å². The van der Waals surface area contributed by atoms with Crippen molar-refractivity contribution in [2.75, 3.05) is 16.8 Å². The maximum Gasteiger partial charge on any atom is 0.226 e. The Morgan fingerprint density at radius 1 is 1.12 bits per heavy atom. The van der Waals surface area contributed by atoms with Gasteiger partial charge in [0.2, 0.25) is 11.8 Å². The van der Waals surface area contributed by atoms with Crippen LogP contribution in [0.1, 0.15) is 24.5 Å². The molecule has 0 aliphatic heterocycles. The van der Waals surface area contributed by atoms with Crippen LogP contribution in [0.3, 0.4) is 0 Å². The molecule has 2 aromatic rings. The van der Waals surface area contributed by atoms with Gasteiger partial charge in [0.05, 0.1) is 5.69 Å². The van der Waals surface area contributed by atoms with Crippen LogP contribution >= 0.6 is 15.9 Å². The van der Waals surface area contributed by atoms with E-state index in [1.807, 2.05) is 56.3 Å². The maximum absolute atomic E-state index is 12.2. The molecule has 0 saturated carbocycles. The van der Waals surface area contributed by atoms with E-state index in [1.54, 1.807) is 4.90 Å². The first-order chi connectivity index (χ1) is 11.4. The molecule has 0 fully saturated rings. The van der Waals surface area contributed by atoms with Gasteiger partial charge in [-0.2, -0.15) is 0 Å². The molecular weight excluding hydrogens is 368 g/mol. The lowest BCUT2D eigenvalue weighted by atomic mass is 10.1. The molecule has 0 bridgehead atoms. The SMILES string of the molecule is CC(=O)N(CCC(=O)Nc1ccc(C)cc1C)c1ccccc1Br. The summed E-state index contributed by atoms with van der Waals surface area (Å²) in [6, 6.07) is 13.4. The minimum atomic E-state index is -0.111. The molecule has 2 aromatic carbocycles. The number of nitrogens with one attached hydrogen (secondary N) is 1. The van der Waals surface area contributed by atoms with Crippen LogP contribution in [0.4, 0.5) is 11.4 Å². The largest absolute Gasteiger partial charge is 0.326 e. The number of rotatable bonds is 5. The van der Waals surface area contributed by atoms with Crippen molar-refractivity contribution in [3.05, 3.63) is 58.1 Å². The Hall–Kier alpha value is -2.14. The van der Waals surface area contributed by atoms with Gasteiger partial charge in [-0.05, 0) is 53.5 Å². The quantitative estimate of drug-likeness (QED) is 0.822. The number of halogens is 1. The number of hydrogen-bond acceptors (Lipinski definition) is 2. The van der Waals surface area contributed by atoms with Crippen molar-refractivity contribution < 1.29 is 9.59 Å². The summed E-state index contributed by atoms with van der Waals surface area (Å²) < 4.78 is 0.829. The molecule has 0 atom stereocenters. The monoisotopic (exact) mass is 388 g/mol. The minimum Gasteiger partial charge on any atom is -0.326 e. The van der Waals surface area contributed by atoms with Gasteiger partial charge in [0, 0.05) is 30.0 Å². The summed E-state index contributed by atoms with van der Waals surface area (Å²) in [6.07, 6.45) is 0.230. The van der Waals surface area contributed by atoms with E-state index in [2.05, 4.69) is 21.2 Å². The summed E-state index contributed by atoms with van der Waals surface area (Å²) in [6.45, 7) is 5.81. The molecule has 1 N–H and O–H groups in total. The fraction of sp³-hybridized carbons (Fsp3) is 0.263. The lowest BCUT2D eigenvalue weighted by molar-refractivity contribution is -0.117. The Morgan fingerprint density at radius 3 is 2.46 bits per heavy atom. The smallest absolute Gasteiger partial charge is 0.226 e. The van der Waals surface area contributed by atoms with Crippen molar-refractivity contribution in [2.24, 2.45) is 0 Å². The van der Waals surface area contributed by atoms with Crippen LogP contribution in [0, 0.1) is 13.8 Å². The van der Waals surface area contributed by atoms with Gasteiger partial charge in [0.1, 0.15) is 0 Å². The van der Waals surface area contributed by atoms with Gasteiger partial charge < -0.3 is 10.2 Å². The first-order valence-corrected chi connectivity index (χ1v) is 8.57. The van der Waals surface area contributed by atoms with Gasteiger partial charge in [-0.1, -0.05) is 29.8 Å². The van der Waals surface area contributed by atoms with Crippen LogP contribution in [-0.4, -0.2) is 18.4 Å². The summed E-state index contributed by atoms with van der Waals surface area (Å²) in [4.78, 5) is 25.8. The molecule has 4 nitrogen and oxygen atoms in total. The molecule has 0 aliphatic rings. The second-order valence-electron chi connectivity index (χ2n) is 5.74. The van der Waals surface area contributed by atoms with Crippen LogP contribution in [0.5, 0.6) is 0 Å². The molecule has 0 heterocycles. The summed E-state index contributed by atoms with van der Waals surface area (Å²) in [5.74, 6) is -0.207. The van der Waals surface area contributed by atoms with Crippen molar-refractivity contribution in [2.45, 2.75) is 27.2 Å². The third-order valence-electron chi connectivity index (χ3n) is 3.74. The molecule has 0 unspecified atom stereocenters. The highest BCUT2D eigenvalue weighted by atomic mass is 79.9. The van der Waals surface area contributed by atoms with Crippen molar-refractivity contribution in [3.8, 4) is 0 Å². The fourth-order valence-electron chi connectivity index (χ4n) is 2.50. The molecule has 0 aromatic heterocycles. The molecule has 5 heteroatoms. The Bertz CT molecular complexity index is 759. The third-order valence-corrected chi connectivity index (χ3v) is 4.41. The number of amides is 2. The summed E-state index contributed by atoms with van der Waals surface area (Å²) >= 11 is 3.45. The van der Waals surface area contributed by atoms with Crippen LogP contribution in [0.2, 0.25) is 0 Å². The summed E-state index contributed by atoms with van der Waals surface area (Å²) in [7, 11) is 0. The number of hydrogen-bond donors (Lipinski definition) is 1. The highest BCUT2D eigenvalue weighted by Crippen LogP contribution is 2.26. The molecule has 0 saturated heterocycles. The van der Waals surface area contributed by atoms with Gasteiger partial charge in [-0.25, -0.2) is 0 Å². The Balaban J connectivity index is 2.03. The Labute approximate surface area is 151 Å². The normalized spacial score (nSPS) is 10.3. The first kappa shape index (κ1) is 18.2. The average molecular weight is 389 g/mol. The van der Waals surface area contributed by atoms with Crippen LogP contribution < -0.4 is 10.2 Å². The van der Waals surface area contributed by atoms with E-state index in [4.69, 9.17) is 0 Å². The molecule has 0 aliphatic carbocycles. The number of anilines is 2. The second-order valence-corrected chi connectivity index (χ2v) is 6.59. The van der Waals surface area contributed by atoms with Gasteiger partial charge in [-0.3, -0.25) is 9.59 Å². The Kier molecular flexibility index (Phi) is 6.15. The van der Waals surface area contributed by atoms with E-state index in [9.17, 15) is 9.59 Å². The van der Waals surface area contributed by atoms with E-state index in [-0.39, 0.29) is 18.2 Å². The predicted octanol–water partition coefficient (Wildman–Crippen LogP) is 4.45. The van der Waals surface area contributed by atoms with Gasteiger partial charge in [0.15, 0.2) is 0 Å². The number of carbonyl (C=O) groups excluding carboxylic acids is 2. The van der Waals surface area contributed by atoms with Crippen molar-refractivity contribution in [3.63, 3.8) is 0 Å². The zero-order valence-corrected chi connectivity index (χ0v) is 15.7. The zero-order chi connectivity index (χ0) is 17.7. The minimum absolute atomic E-state index is 0.0961. The van der Waals surface area contributed by atoms with E-state index < -0.39 is 0 Å². The molecular formula is C19H21BrN2O2. The number of aryl methyl sites for hydroxylation is 2. The Morgan fingerprint density at radius 2 is 1.83 bits per heavy atom. The van der Waals surface area contributed by atoms with E-state index in [1.165, 1.54) is 6.92 Å². The first-order valence-electron chi connectivity index (χ1n) is 7.78. The number of nitrogens with zero attached hydrogens (tertiary/aromatic N) is 1. The number of carbonyl (C=O) groups is 2. The van der Waals surface area contributed by atoms with Crippen LogP contribution in [-0.2, 0) is 9.59 Å².